The maximum atomic E-state index is 12.3. The minimum absolute atomic E-state index is 0.181. The third-order valence-corrected chi connectivity index (χ3v) is 6.97. The van der Waals surface area contributed by atoms with Gasteiger partial charge in [-0.05, 0) is 18.1 Å². The second-order valence-corrected chi connectivity index (χ2v) is 7.93. The van der Waals surface area contributed by atoms with E-state index in [1.165, 1.54) is 11.1 Å². The molecule has 1 heterocycles. The molecule has 0 spiro atoms. The number of ketones is 1. The summed E-state index contributed by atoms with van der Waals surface area (Å²) >= 11 is 3.79. The van der Waals surface area contributed by atoms with Crippen LogP contribution < -0.4 is 0 Å². The van der Waals surface area contributed by atoms with Crippen molar-refractivity contribution in [1.82, 2.24) is 0 Å². The highest BCUT2D eigenvalue weighted by Crippen LogP contribution is 2.36. The topological polar surface area (TPSA) is 17.1 Å². The largest absolute Gasteiger partial charge is 0.298 e. The summed E-state index contributed by atoms with van der Waals surface area (Å²) in [7, 11) is 0. The molecule has 0 saturated carbocycles. The van der Waals surface area contributed by atoms with E-state index in [1.54, 1.807) is 0 Å². The monoisotopic (exact) mass is 280 g/mol. The van der Waals surface area contributed by atoms with E-state index in [4.69, 9.17) is 0 Å². The first-order chi connectivity index (χ1) is 8.58. The van der Waals surface area contributed by atoms with Gasteiger partial charge >= 0.3 is 0 Å². The van der Waals surface area contributed by atoms with Crippen molar-refractivity contribution in [3.05, 3.63) is 35.4 Å². The fourth-order valence-electron chi connectivity index (χ4n) is 2.06. The lowest BCUT2D eigenvalue weighted by atomic mass is 10.0. The first kappa shape index (κ1) is 14.0. The van der Waals surface area contributed by atoms with Crippen molar-refractivity contribution in [3.63, 3.8) is 0 Å². The van der Waals surface area contributed by atoms with E-state index in [9.17, 15) is 4.79 Å². The van der Waals surface area contributed by atoms with E-state index >= 15 is 0 Å². The van der Waals surface area contributed by atoms with Crippen LogP contribution in [0.3, 0.4) is 0 Å². The molecule has 1 aromatic rings. The predicted molar refractivity (Wildman–Crippen MR) is 82.7 cm³/mol. The summed E-state index contributed by atoms with van der Waals surface area (Å²) < 4.78 is 0. The molecule has 0 aromatic heterocycles. The zero-order valence-electron chi connectivity index (χ0n) is 11.2. The van der Waals surface area contributed by atoms with Crippen molar-refractivity contribution in [2.24, 2.45) is 0 Å². The van der Waals surface area contributed by atoms with Crippen LogP contribution in [0.25, 0.3) is 0 Å². The average Bonchev–Trinajstić information content (AvgIpc) is 2.35. The smallest absolute Gasteiger partial charge is 0.151 e. The molecule has 0 aliphatic carbocycles. The molecule has 18 heavy (non-hydrogen) atoms. The Bertz CT molecular complexity index is 430. The Kier molecular flexibility index (Phi) is 4.79. The highest BCUT2D eigenvalue weighted by Gasteiger charge is 2.30. The van der Waals surface area contributed by atoms with Crippen molar-refractivity contribution < 1.29 is 4.79 Å². The molecule has 0 amide bonds. The Morgan fingerprint density at radius 3 is 2.67 bits per heavy atom. The molecule has 1 aliphatic heterocycles. The second-order valence-electron chi connectivity index (χ2n) is 4.94. The fraction of sp³-hybridized carbons (Fsp3) is 0.533. The van der Waals surface area contributed by atoms with Crippen LogP contribution in [-0.4, -0.2) is 27.3 Å². The molecule has 1 aromatic carbocycles. The number of carbonyl (C=O) groups excluding carboxylic acids is 1. The Balaban J connectivity index is 1.99. The van der Waals surface area contributed by atoms with E-state index in [-0.39, 0.29) is 5.25 Å². The van der Waals surface area contributed by atoms with Gasteiger partial charge in [0.2, 0.25) is 0 Å². The van der Waals surface area contributed by atoms with E-state index in [0.717, 1.165) is 5.75 Å². The molecule has 0 bridgehead atoms. The Morgan fingerprint density at radius 2 is 2.00 bits per heavy atom. The highest BCUT2D eigenvalue weighted by molar-refractivity contribution is 8.08. The van der Waals surface area contributed by atoms with Crippen molar-refractivity contribution >= 4 is 29.3 Å². The van der Waals surface area contributed by atoms with Gasteiger partial charge < -0.3 is 0 Å². The molecule has 3 atom stereocenters. The molecule has 3 heteroatoms. The summed E-state index contributed by atoms with van der Waals surface area (Å²) in [5, 5.41) is 1.42. The molecule has 1 nitrogen and oxygen atoms in total. The van der Waals surface area contributed by atoms with E-state index in [2.05, 4.69) is 32.9 Å². The third-order valence-electron chi connectivity index (χ3n) is 3.54. The lowest BCUT2D eigenvalue weighted by Crippen LogP contribution is -2.32. The first-order valence-corrected chi connectivity index (χ1v) is 8.41. The molecule has 1 aliphatic rings. The Hall–Kier alpha value is -0.410. The van der Waals surface area contributed by atoms with E-state index in [1.807, 2.05) is 35.7 Å². The summed E-state index contributed by atoms with van der Waals surface area (Å²) in [6.07, 6.45) is 0.589. The SMILES string of the molecule is Cc1ccccc1CC(=O)C1CSC(C)C(C)S1. The zero-order valence-corrected chi connectivity index (χ0v) is 12.8. The lowest BCUT2D eigenvalue weighted by Gasteiger charge is -2.30. The quantitative estimate of drug-likeness (QED) is 0.840. The Morgan fingerprint density at radius 1 is 1.28 bits per heavy atom. The number of benzene rings is 1. The lowest BCUT2D eigenvalue weighted by molar-refractivity contribution is -0.117. The van der Waals surface area contributed by atoms with Gasteiger partial charge in [0, 0.05) is 22.7 Å². The van der Waals surface area contributed by atoms with E-state index in [0.29, 0.717) is 22.7 Å². The van der Waals surface area contributed by atoms with E-state index < -0.39 is 0 Å². The van der Waals surface area contributed by atoms with Crippen molar-refractivity contribution in [1.29, 1.82) is 0 Å². The molecule has 0 radical (unpaired) electrons. The number of thioether (sulfide) groups is 2. The van der Waals surface area contributed by atoms with Crippen LogP contribution in [0.2, 0.25) is 0 Å². The average molecular weight is 280 g/mol. The zero-order chi connectivity index (χ0) is 13.1. The van der Waals surface area contributed by atoms with Gasteiger partial charge in [-0.25, -0.2) is 0 Å². The van der Waals surface area contributed by atoms with Gasteiger partial charge in [0.1, 0.15) is 0 Å². The number of carbonyl (C=O) groups is 1. The van der Waals surface area contributed by atoms with Crippen LogP contribution in [0, 0.1) is 6.92 Å². The van der Waals surface area contributed by atoms with Crippen LogP contribution in [0.15, 0.2) is 24.3 Å². The summed E-state index contributed by atoms with van der Waals surface area (Å²) in [6.45, 7) is 6.57. The fourth-order valence-corrected chi connectivity index (χ4v) is 4.95. The summed E-state index contributed by atoms with van der Waals surface area (Å²) in [5.41, 5.74) is 2.40. The number of hydrogen-bond acceptors (Lipinski definition) is 3. The molecule has 1 fully saturated rings. The van der Waals surface area contributed by atoms with Gasteiger partial charge in [-0.2, -0.15) is 11.8 Å². The maximum Gasteiger partial charge on any atom is 0.151 e. The summed E-state index contributed by atoms with van der Waals surface area (Å²) in [6, 6.07) is 8.19. The first-order valence-electron chi connectivity index (χ1n) is 6.42. The van der Waals surface area contributed by atoms with Crippen molar-refractivity contribution in [3.8, 4) is 0 Å². The van der Waals surface area contributed by atoms with Crippen LogP contribution in [0.5, 0.6) is 0 Å². The minimum atomic E-state index is 0.181. The van der Waals surface area contributed by atoms with Gasteiger partial charge in [-0.1, -0.05) is 38.1 Å². The molecule has 0 N–H and O–H groups in total. The summed E-state index contributed by atoms with van der Waals surface area (Å²) in [5.74, 6) is 1.36. The molecule has 3 unspecified atom stereocenters. The molecular weight excluding hydrogens is 260 g/mol. The number of aryl methyl sites for hydroxylation is 1. The van der Waals surface area contributed by atoms with Crippen molar-refractivity contribution in [2.45, 2.75) is 42.9 Å². The number of Topliss-reactive ketones (excluding diaryl/α,β-unsaturated/α-hetero) is 1. The second kappa shape index (κ2) is 6.16. The minimum Gasteiger partial charge on any atom is -0.298 e. The van der Waals surface area contributed by atoms with Gasteiger partial charge in [-0.15, -0.1) is 11.8 Å². The standard InChI is InChI=1S/C15H20OS2/c1-10-6-4-5-7-13(10)8-14(16)15-9-17-11(2)12(3)18-15/h4-7,11-12,15H,8-9H2,1-3H3. The molecule has 98 valence electrons. The number of rotatable bonds is 3. The number of hydrogen-bond donors (Lipinski definition) is 0. The van der Waals surface area contributed by atoms with Crippen molar-refractivity contribution in [2.75, 3.05) is 5.75 Å². The van der Waals surface area contributed by atoms with Gasteiger partial charge in [0.05, 0.1) is 5.25 Å². The molecular formula is C15H20OS2. The summed E-state index contributed by atoms with van der Waals surface area (Å²) in [4.78, 5) is 12.3. The van der Waals surface area contributed by atoms with Gasteiger partial charge in [-0.3, -0.25) is 4.79 Å². The van der Waals surface area contributed by atoms with Crippen LogP contribution in [0.1, 0.15) is 25.0 Å². The molecule has 2 rings (SSSR count). The van der Waals surface area contributed by atoms with Crippen LogP contribution >= 0.6 is 23.5 Å². The maximum absolute atomic E-state index is 12.3. The van der Waals surface area contributed by atoms with Crippen LogP contribution in [-0.2, 0) is 11.2 Å². The molecule has 1 saturated heterocycles. The Labute approximate surface area is 118 Å². The normalized spacial score (nSPS) is 28.1. The van der Waals surface area contributed by atoms with Gasteiger partial charge in [0.25, 0.3) is 0 Å². The van der Waals surface area contributed by atoms with Crippen LogP contribution in [0.4, 0.5) is 0 Å². The highest BCUT2D eigenvalue weighted by atomic mass is 32.2. The third kappa shape index (κ3) is 3.33. The predicted octanol–water partition coefficient (Wildman–Crippen LogP) is 3.73. The van der Waals surface area contributed by atoms with Gasteiger partial charge in [0.15, 0.2) is 5.78 Å².